The zero-order valence-corrected chi connectivity index (χ0v) is 17.6. The smallest absolute Gasteiger partial charge is 0.223 e. The molecule has 30 heavy (non-hydrogen) atoms. The van der Waals surface area contributed by atoms with Crippen molar-refractivity contribution < 1.29 is 14.3 Å². The van der Waals surface area contributed by atoms with Gasteiger partial charge in [-0.1, -0.05) is 42.5 Å². The Kier molecular flexibility index (Phi) is 8.21. The van der Waals surface area contributed by atoms with E-state index in [-0.39, 0.29) is 24.5 Å². The third-order valence-electron chi connectivity index (χ3n) is 5.25. The van der Waals surface area contributed by atoms with Crippen molar-refractivity contribution in [2.24, 2.45) is 0 Å². The minimum atomic E-state index is -0.00363. The number of carbonyl (C=O) groups excluding carboxylic acids is 2. The summed E-state index contributed by atoms with van der Waals surface area (Å²) in [5.41, 5.74) is 1.82. The topological polar surface area (TPSA) is 49.9 Å². The standard InChI is InChI=1S/C25H30N2O3/c1-2-30-23-12-10-22(11-13-23)24(28)14-15-25(29)27-19-17-26(18-20-27)16-6-9-21-7-4-3-5-8-21/h3-13H,2,14-20H2,1H3. The van der Waals surface area contributed by atoms with Crippen LogP contribution in [0.1, 0.15) is 35.7 Å². The highest BCUT2D eigenvalue weighted by atomic mass is 16.5. The van der Waals surface area contributed by atoms with Crippen LogP contribution >= 0.6 is 0 Å². The van der Waals surface area contributed by atoms with Crippen molar-refractivity contribution in [2.75, 3.05) is 39.3 Å². The van der Waals surface area contributed by atoms with Crippen molar-refractivity contribution in [3.63, 3.8) is 0 Å². The molecule has 158 valence electrons. The summed E-state index contributed by atoms with van der Waals surface area (Å²) in [5, 5.41) is 0. The van der Waals surface area contributed by atoms with Crippen molar-refractivity contribution in [3.8, 4) is 5.75 Å². The van der Waals surface area contributed by atoms with Crippen LogP contribution in [0, 0.1) is 0 Å². The van der Waals surface area contributed by atoms with Gasteiger partial charge in [0, 0.05) is 51.1 Å². The molecule has 0 aliphatic carbocycles. The molecule has 1 heterocycles. The Morgan fingerprint density at radius 3 is 2.30 bits per heavy atom. The Bertz CT molecular complexity index is 838. The van der Waals surface area contributed by atoms with Gasteiger partial charge in [0.1, 0.15) is 5.75 Å². The van der Waals surface area contributed by atoms with E-state index in [1.165, 1.54) is 5.56 Å². The Morgan fingerprint density at radius 2 is 1.63 bits per heavy atom. The second-order valence-corrected chi connectivity index (χ2v) is 7.38. The van der Waals surface area contributed by atoms with Crippen molar-refractivity contribution in [3.05, 3.63) is 71.8 Å². The molecule has 1 fully saturated rings. The second-order valence-electron chi connectivity index (χ2n) is 7.38. The lowest BCUT2D eigenvalue weighted by molar-refractivity contribution is -0.132. The highest BCUT2D eigenvalue weighted by molar-refractivity contribution is 5.98. The van der Waals surface area contributed by atoms with Crippen LogP contribution in [0.15, 0.2) is 60.7 Å². The molecule has 0 spiro atoms. The fourth-order valence-corrected chi connectivity index (χ4v) is 3.51. The Hall–Kier alpha value is -2.92. The van der Waals surface area contributed by atoms with E-state index < -0.39 is 0 Å². The van der Waals surface area contributed by atoms with Crippen LogP contribution in [0.2, 0.25) is 0 Å². The van der Waals surface area contributed by atoms with Gasteiger partial charge >= 0.3 is 0 Å². The van der Waals surface area contributed by atoms with Gasteiger partial charge in [-0.3, -0.25) is 14.5 Å². The third kappa shape index (κ3) is 6.56. The molecule has 0 unspecified atom stereocenters. The van der Waals surface area contributed by atoms with E-state index >= 15 is 0 Å². The fourth-order valence-electron chi connectivity index (χ4n) is 3.51. The lowest BCUT2D eigenvalue weighted by Gasteiger charge is -2.34. The molecule has 1 aliphatic rings. The summed E-state index contributed by atoms with van der Waals surface area (Å²) in [6.45, 7) is 6.55. The van der Waals surface area contributed by atoms with Gasteiger partial charge in [0.2, 0.25) is 5.91 Å². The number of Topliss-reactive ketones (excluding diaryl/α,β-unsaturated/α-hetero) is 1. The lowest BCUT2D eigenvalue weighted by Crippen LogP contribution is -2.48. The number of rotatable bonds is 9. The first-order valence-electron chi connectivity index (χ1n) is 10.6. The van der Waals surface area contributed by atoms with Crippen LogP contribution in [0.3, 0.4) is 0 Å². The summed E-state index contributed by atoms with van der Waals surface area (Å²) >= 11 is 0. The lowest BCUT2D eigenvalue weighted by atomic mass is 10.1. The predicted molar refractivity (Wildman–Crippen MR) is 120 cm³/mol. The monoisotopic (exact) mass is 406 g/mol. The maximum absolute atomic E-state index is 12.5. The van der Waals surface area contributed by atoms with Crippen molar-refractivity contribution in [1.29, 1.82) is 0 Å². The maximum Gasteiger partial charge on any atom is 0.223 e. The van der Waals surface area contributed by atoms with Gasteiger partial charge in [-0.15, -0.1) is 0 Å². The molecule has 0 saturated carbocycles. The molecule has 0 atom stereocenters. The molecule has 0 radical (unpaired) electrons. The summed E-state index contributed by atoms with van der Waals surface area (Å²) < 4.78 is 5.39. The van der Waals surface area contributed by atoms with E-state index in [0.29, 0.717) is 12.2 Å². The molecule has 0 aromatic heterocycles. The average molecular weight is 407 g/mol. The minimum Gasteiger partial charge on any atom is -0.494 e. The molecule has 0 N–H and O–H groups in total. The summed E-state index contributed by atoms with van der Waals surface area (Å²) in [6, 6.07) is 17.4. The predicted octanol–water partition coefficient (Wildman–Crippen LogP) is 3.91. The molecular formula is C25H30N2O3. The fraction of sp³-hybridized carbons (Fsp3) is 0.360. The number of amides is 1. The van der Waals surface area contributed by atoms with Crippen molar-refractivity contribution in [2.45, 2.75) is 19.8 Å². The first kappa shape index (κ1) is 21.8. The van der Waals surface area contributed by atoms with Gasteiger partial charge in [0.15, 0.2) is 5.78 Å². The highest BCUT2D eigenvalue weighted by Gasteiger charge is 2.21. The molecular weight excluding hydrogens is 376 g/mol. The quantitative estimate of drug-likeness (QED) is 0.593. The largest absolute Gasteiger partial charge is 0.494 e. The van der Waals surface area contributed by atoms with Crippen molar-refractivity contribution >= 4 is 17.8 Å². The van der Waals surface area contributed by atoms with Crippen LogP contribution in [0.4, 0.5) is 0 Å². The van der Waals surface area contributed by atoms with E-state index in [9.17, 15) is 9.59 Å². The normalized spacial score (nSPS) is 14.8. The first-order chi connectivity index (χ1) is 14.7. The zero-order valence-electron chi connectivity index (χ0n) is 17.6. The molecule has 1 amide bonds. The van der Waals surface area contributed by atoms with E-state index in [4.69, 9.17) is 4.74 Å². The van der Waals surface area contributed by atoms with Gasteiger partial charge in [-0.25, -0.2) is 0 Å². The molecule has 2 aromatic carbocycles. The molecule has 3 rings (SSSR count). The summed E-state index contributed by atoms with van der Waals surface area (Å²) in [5.74, 6) is 0.812. The van der Waals surface area contributed by atoms with Gasteiger partial charge in [-0.05, 0) is 36.8 Å². The third-order valence-corrected chi connectivity index (χ3v) is 5.25. The first-order valence-corrected chi connectivity index (χ1v) is 10.6. The van der Waals surface area contributed by atoms with Gasteiger partial charge in [0.25, 0.3) is 0 Å². The van der Waals surface area contributed by atoms with E-state index in [1.807, 2.05) is 30.0 Å². The van der Waals surface area contributed by atoms with E-state index in [2.05, 4.69) is 29.2 Å². The highest BCUT2D eigenvalue weighted by Crippen LogP contribution is 2.15. The Morgan fingerprint density at radius 1 is 0.933 bits per heavy atom. The number of nitrogens with zero attached hydrogens (tertiary/aromatic N) is 2. The number of piperazine rings is 1. The second kappa shape index (κ2) is 11.3. The number of hydrogen-bond acceptors (Lipinski definition) is 4. The molecule has 1 aliphatic heterocycles. The van der Waals surface area contributed by atoms with Gasteiger partial charge in [-0.2, -0.15) is 0 Å². The van der Waals surface area contributed by atoms with E-state index in [0.717, 1.165) is 38.5 Å². The van der Waals surface area contributed by atoms with Crippen LogP contribution in [-0.4, -0.2) is 60.8 Å². The number of hydrogen-bond donors (Lipinski definition) is 0. The average Bonchev–Trinajstić information content (AvgIpc) is 2.79. The molecule has 2 aromatic rings. The minimum absolute atomic E-state index is 0.00363. The molecule has 5 heteroatoms. The van der Waals surface area contributed by atoms with Gasteiger partial charge in [0.05, 0.1) is 6.61 Å². The Labute approximate surface area is 178 Å². The summed E-state index contributed by atoms with van der Waals surface area (Å²) in [6.07, 6.45) is 4.80. The van der Waals surface area contributed by atoms with Crippen LogP contribution in [-0.2, 0) is 4.79 Å². The van der Waals surface area contributed by atoms with Crippen LogP contribution in [0.5, 0.6) is 5.75 Å². The van der Waals surface area contributed by atoms with Gasteiger partial charge < -0.3 is 9.64 Å². The zero-order chi connectivity index (χ0) is 21.2. The van der Waals surface area contributed by atoms with Crippen LogP contribution < -0.4 is 4.74 Å². The number of carbonyl (C=O) groups is 2. The SMILES string of the molecule is CCOc1ccc(C(=O)CCC(=O)N2CCN(CC=Cc3ccccc3)CC2)cc1. The summed E-state index contributed by atoms with van der Waals surface area (Å²) in [7, 11) is 0. The molecule has 1 saturated heterocycles. The van der Waals surface area contributed by atoms with E-state index in [1.54, 1.807) is 24.3 Å². The van der Waals surface area contributed by atoms with Crippen molar-refractivity contribution in [1.82, 2.24) is 9.80 Å². The van der Waals surface area contributed by atoms with Crippen LogP contribution in [0.25, 0.3) is 6.08 Å². The number of ether oxygens (including phenoxy) is 1. The summed E-state index contributed by atoms with van der Waals surface area (Å²) in [4.78, 5) is 29.1. The number of ketones is 1. The maximum atomic E-state index is 12.5. The molecule has 0 bridgehead atoms. The number of benzene rings is 2. The molecule has 5 nitrogen and oxygen atoms in total. The Balaban J connectivity index is 1.37.